The van der Waals surface area contributed by atoms with Crippen molar-refractivity contribution in [2.45, 2.75) is 6.42 Å². The first kappa shape index (κ1) is 21.9. The molecule has 0 heterocycles. The third-order valence-corrected chi connectivity index (χ3v) is 5.74. The second-order valence-corrected chi connectivity index (χ2v) is 7.98. The fourth-order valence-corrected chi connectivity index (χ4v) is 3.92. The molecule has 1 N–H and O–H groups in total. The minimum Gasteiger partial charge on any atom is -0.493 e. The highest BCUT2D eigenvalue weighted by atomic mass is 35.5. The van der Waals surface area contributed by atoms with Gasteiger partial charge in [0, 0.05) is 22.6 Å². The van der Waals surface area contributed by atoms with Gasteiger partial charge in [0.1, 0.15) is 0 Å². The highest BCUT2D eigenvalue weighted by Gasteiger charge is 2.26. The van der Waals surface area contributed by atoms with Gasteiger partial charge in [0.05, 0.1) is 17.8 Å². The van der Waals surface area contributed by atoms with E-state index in [1.54, 1.807) is 60.7 Å². The number of hydrogen-bond acceptors (Lipinski definition) is 4. The molecule has 0 aliphatic heterocycles. The molecule has 1 amide bonds. The van der Waals surface area contributed by atoms with Gasteiger partial charge in [-0.1, -0.05) is 53.5 Å². The monoisotopic (exact) mass is 467 g/mol. The third kappa shape index (κ3) is 4.64. The van der Waals surface area contributed by atoms with Crippen LogP contribution in [0.3, 0.4) is 0 Å². The Balaban J connectivity index is 1.46. The minimum absolute atomic E-state index is 0.0296. The quantitative estimate of drug-likeness (QED) is 0.462. The van der Waals surface area contributed by atoms with Crippen LogP contribution in [0.15, 0.2) is 66.2 Å². The lowest BCUT2D eigenvalue weighted by Crippen LogP contribution is -2.20. The number of ketones is 1. The molecule has 0 bridgehead atoms. The SMILES string of the molecule is COc1cc(C=C2Cc3c(Cl)cccc3C2=O)ccc1OCC(=O)Nc1ccccc1Cl. The van der Waals surface area contributed by atoms with Crippen molar-refractivity contribution in [1.82, 2.24) is 0 Å². The molecule has 162 valence electrons. The molecule has 0 radical (unpaired) electrons. The van der Waals surface area contributed by atoms with Crippen molar-refractivity contribution in [1.29, 1.82) is 0 Å². The third-order valence-electron chi connectivity index (χ3n) is 5.06. The number of anilines is 1. The lowest BCUT2D eigenvalue weighted by Gasteiger charge is -2.12. The second kappa shape index (κ2) is 9.47. The molecular weight excluding hydrogens is 449 g/mol. The number of rotatable bonds is 6. The number of Topliss-reactive ketones (excluding diaryl/α,β-unsaturated/α-hetero) is 1. The number of ether oxygens (including phenoxy) is 2. The molecule has 0 spiro atoms. The van der Waals surface area contributed by atoms with E-state index in [1.807, 2.05) is 6.08 Å². The summed E-state index contributed by atoms with van der Waals surface area (Å²) in [6.07, 6.45) is 2.30. The predicted octanol–water partition coefficient (Wildman–Crippen LogP) is 5.84. The van der Waals surface area contributed by atoms with Gasteiger partial charge in [0.2, 0.25) is 0 Å². The first-order valence-corrected chi connectivity index (χ1v) is 10.6. The lowest BCUT2D eigenvalue weighted by atomic mass is 10.1. The highest BCUT2D eigenvalue weighted by Crippen LogP contribution is 2.34. The van der Waals surface area contributed by atoms with Gasteiger partial charge < -0.3 is 14.8 Å². The van der Waals surface area contributed by atoms with Crippen molar-refractivity contribution in [3.63, 3.8) is 0 Å². The van der Waals surface area contributed by atoms with Gasteiger partial charge in [0.15, 0.2) is 23.9 Å². The van der Waals surface area contributed by atoms with Gasteiger partial charge >= 0.3 is 0 Å². The molecule has 5 nitrogen and oxygen atoms in total. The zero-order chi connectivity index (χ0) is 22.7. The first-order chi connectivity index (χ1) is 15.5. The van der Waals surface area contributed by atoms with Gasteiger partial charge in [-0.25, -0.2) is 0 Å². The Morgan fingerprint density at radius 3 is 2.56 bits per heavy atom. The van der Waals surface area contributed by atoms with E-state index in [-0.39, 0.29) is 18.3 Å². The van der Waals surface area contributed by atoms with Crippen LogP contribution in [0.25, 0.3) is 6.08 Å². The van der Waals surface area contributed by atoms with E-state index in [9.17, 15) is 9.59 Å². The van der Waals surface area contributed by atoms with Crippen molar-refractivity contribution in [2.24, 2.45) is 0 Å². The Morgan fingerprint density at radius 1 is 1.03 bits per heavy atom. The molecule has 1 aliphatic carbocycles. The maximum Gasteiger partial charge on any atom is 0.262 e. The van der Waals surface area contributed by atoms with E-state index < -0.39 is 0 Å². The van der Waals surface area contributed by atoms with Crippen LogP contribution in [0.2, 0.25) is 10.0 Å². The van der Waals surface area contributed by atoms with E-state index in [2.05, 4.69) is 5.32 Å². The van der Waals surface area contributed by atoms with Gasteiger partial charge in [0.25, 0.3) is 5.91 Å². The topological polar surface area (TPSA) is 64.6 Å². The highest BCUT2D eigenvalue weighted by molar-refractivity contribution is 6.34. The summed E-state index contributed by atoms with van der Waals surface area (Å²) in [5.41, 5.74) is 3.44. The molecule has 0 unspecified atom stereocenters. The van der Waals surface area contributed by atoms with Crippen LogP contribution in [0.4, 0.5) is 5.69 Å². The zero-order valence-electron chi connectivity index (χ0n) is 17.2. The number of allylic oxidation sites excluding steroid dienone is 1. The number of para-hydroxylation sites is 1. The number of amides is 1. The molecule has 3 aromatic rings. The molecule has 0 aromatic heterocycles. The molecule has 32 heavy (non-hydrogen) atoms. The fraction of sp³-hybridized carbons (Fsp3) is 0.120. The second-order valence-electron chi connectivity index (χ2n) is 7.17. The van der Waals surface area contributed by atoms with Gasteiger partial charge in [-0.15, -0.1) is 0 Å². The van der Waals surface area contributed by atoms with Crippen LogP contribution in [-0.4, -0.2) is 25.4 Å². The number of carbonyl (C=O) groups excluding carboxylic acids is 2. The predicted molar refractivity (Wildman–Crippen MR) is 126 cm³/mol. The maximum atomic E-state index is 12.7. The van der Waals surface area contributed by atoms with Crippen LogP contribution in [0, 0.1) is 0 Å². The Bertz CT molecular complexity index is 1240. The van der Waals surface area contributed by atoms with E-state index in [4.69, 9.17) is 32.7 Å². The molecule has 0 saturated heterocycles. The number of nitrogens with one attached hydrogen (secondary N) is 1. The van der Waals surface area contributed by atoms with E-state index in [1.165, 1.54) is 7.11 Å². The first-order valence-electron chi connectivity index (χ1n) is 9.84. The smallest absolute Gasteiger partial charge is 0.262 e. The normalized spacial score (nSPS) is 13.7. The summed E-state index contributed by atoms with van der Waals surface area (Å²) in [7, 11) is 1.51. The molecule has 7 heteroatoms. The molecule has 3 aromatic carbocycles. The van der Waals surface area contributed by atoms with Gasteiger partial charge in [-0.05, 0) is 47.5 Å². The zero-order valence-corrected chi connectivity index (χ0v) is 18.7. The molecule has 1 aliphatic rings. The molecule has 4 rings (SSSR count). The average molecular weight is 468 g/mol. The number of carbonyl (C=O) groups is 2. The van der Waals surface area contributed by atoms with Crippen molar-refractivity contribution in [2.75, 3.05) is 19.0 Å². The number of fused-ring (bicyclic) bond motifs is 1. The van der Waals surface area contributed by atoms with E-state index in [0.717, 1.165) is 11.1 Å². The molecule has 0 fully saturated rings. The van der Waals surface area contributed by atoms with E-state index >= 15 is 0 Å². The Hall–Kier alpha value is -3.28. The van der Waals surface area contributed by atoms with E-state index in [0.29, 0.717) is 44.8 Å². The number of halogens is 2. The van der Waals surface area contributed by atoms with Crippen LogP contribution in [-0.2, 0) is 11.2 Å². The summed E-state index contributed by atoms with van der Waals surface area (Å²) in [4.78, 5) is 24.9. The number of hydrogen-bond donors (Lipinski definition) is 1. The lowest BCUT2D eigenvalue weighted by molar-refractivity contribution is -0.118. The average Bonchev–Trinajstić information content (AvgIpc) is 3.11. The van der Waals surface area contributed by atoms with Crippen LogP contribution < -0.4 is 14.8 Å². The van der Waals surface area contributed by atoms with Crippen molar-refractivity contribution in [3.05, 3.63) is 93.0 Å². The number of benzene rings is 3. The summed E-state index contributed by atoms with van der Waals surface area (Å²) in [5.74, 6) is 0.481. The fourth-order valence-electron chi connectivity index (χ4n) is 3.50. The van der Waals surface area contributed by atoms with Crippen LogP contribution in [0.1, 0.15) is 21.5 Å². The molecular formula is C25H19Cl2NO4. The summed E-state index contributed by atoms with van der Waals surface area (Å²) in [6.45, 7) is -0.214. The summed E-state index contributed by atoms with van der Waals surface area (Å²) in [6, 6.07) is 17.6. The Morgan fingerprint density at radius 2 is 1.81 bits per heavy atom. The van der Waals surface area contributed by atoms with Crippen molar-refractivity contribution < 1.29 is 19.1 Å². The Kier molecular flexibility index (Phi) is 6.49. The summed E-state index contributed by atoms with van der Waals surface area (Å²) < 4.78 is 11.0. The molecule has 0 saturated carbocycles. The van der Waals surface area contributed by atoms with Crippen LogP contribution >= 0.6 is 23.2 Å². The van der Waals surface area contributed by atoms with Crippen LogP contribution in [0.5, 0.6) is 11.5 Å². The van der Waals surface area contributed by atoms with Crippen molar-refractivity contribution >= 4 is 46.7 Å². The standard InChI is InChI=1S/C25H19Cl2NO4/c1-31-23-12-15(11-16-13-18-17(25(16)30)5-4-7-19(18)26)9-10-22(23)32-14-24(29)28-21-8-3-2-6-20(21)27/h2-12H,13-14H2,1H3,(H,28,29). The summed E-state index contributed by atoms with van der Waals surface area (Å²) in [5, 5.41) is 3.74. The largest absolute Gasteiger partial charge is 0.493 e. The number of methoxy groups -OCH3 is 1. The maximum absolute atomic E-state index is 12.7. The van der Waals surface area contributed by atoms with Gasteiger partial charge in [-0.2, -0.15) is 0 Å². The summed E-state index contributed by atoms with van der Waals surface area (Å²) >= 11 is 12.3. The Labute approximate surface area is 195 Å². The minimum atomic E-state index is -0.349. The molecule has 0 atom stereocenters. The van der Waals surface area contributed by atoms with Gasteiger partial charge in [-0.3, -0.25) is 9.59 Å². The van der Waals surface area contributed by atoms with Crippen molar-refractivity contribution in [3.8, 4) is 11.5 Å².